The van der Waals surface area contributed by atoms with E-state index < -0.39 is 0 Å². The van der Waals surface area contributed by atoms with Crippen LogP contribution in [0.1, 0.15) is 49.9 Å². The van der Waals surface area contributed by atoms with E-state index in [0.717, 1.165) is 50.7 Å². The number of anilines is 6. The van der Waals surface area contributed by atoms with Crippen molar-refractivity contribution in [3.05, 3.63) is 398 Å². The zero-order valence-electron chi connectivity index (χ0n) is 67.1. The molecule has 8 heteroatoms. The Hall–Kier alpha value is -13.5. The van der Waals surface area contributed by atoms with Gasteiger partial charge in [0.1, 0.15) is 11.2 Å². The van der Waals surface area contributed by atoms with E-state index in [1.807, 2.05) is 56.7 Å². The molecule has 0 fully saturated rings. The van der Waals surface area contributed by atoms with Crippen molar-refractivity contribution in [2.24, 2.45) is 0 Å². The molecule has 0 amide bonds. The van der Waals surface area contributed by atoms with Gasteiger partial charge in [0.25, 0.3) is 0 Å². The van der Waals surface area contributed by atoms with Crippen molar-refractivity contribution >= 4 is 214 Å². The van der Waals surface area contributed by atoms with E-state index in [0.29, 0.717) is 0 Å². The SMILES string of the molecule is CC1(C)c2cc(N(c3ccc(-c4cccc5c4sc4ccccc45)cc3)c3ccc(-c4cccc5c4sc4ccccc45)cc3)ccc2-c2c1ccc1c2oc2ccccc21.CC1(C)c2cc(N(c3ccc(-c4cccc5c4sc4ccccc45)cc3)c3ccc(-c4cccc5c4sc4ccccc45)cc3)ccc2-c2c1ccc1c2sc2ccccc21. The van der Waals surface area contributed by atoms with Gasteiger partial charge in [-0.25, -0.2) is 0 Å². The first-order valence-corrected chi connectivity index (χ1v) is 45.9. The molecule has 6 aromatic heterocycles. The summed E-state index contributed by atoms with van der Waals surface area (Å²) in [4.78, 5) is 4.87. The summed E-state index contributed by atoms with van der Waals surface area (Å²) in [5.74, 6) is 0. The normalized spacial score (nSPS) is 13.2. The maximum absolute atomic E-state index is 6.64. The quantitative estimate of drug-likeness (QED) is 0.136. The molecular weight excluding hydrogens is 1570 g/mol. The summed E-state index contributed by atoms with van der Waals surface area (Å²) in [6.45, 7) is 9.51. The number of hydrogen-bond donors (Lipinski definition) is 0. The summed E-state index contributed by atoms with van der Waals surface area (Å²) in [6, 6.07) is 140. The van der Waals surface area contributed by atoms with Crippen LogP contribution in [0.2, 0.25) is 0 Å². The maximum atomic E-state index is 6.64. The number of nitrogens with zero attached hydrogens (tertiary/aromatic N) is 2. The molecule has 18 aromatic carbocycles. The monoisotopic (exact) mass is 1650 g/mol. The van der Waals surface area contributed by atoms with E-state index in [4.69, 9.17) is 4.42 Å². The van der Waals surface area contributed by atoms with Crippen LogP contribution in [0.15, 0.2) is 381 Å². The van der Waals surface area contributed by atoms with Crippen LogP contribution < -0.4 is 9.80 Å². The Morgan fingerprint density at radius 3 is 0.844 bits per heavy atom. The topological polar surface area (TPSA) is 19.6 Å². The summed E-state index contributed by atoms with van der Waals surface area (Å²) in [6.07, 6.45) is 0. The Bertz CT molecular complexity index is 7640. The molecular formula is C114H74N2OS5. The van der Waals surface area contributed by atoms with Gasteiger partial charge in [-0.05, 0) is 187 Å². The highest BCUT2D eigenvalue weighted by molar-refractivity contribution is 7.28. The van der Waals surface area contributed by atoms with E-state index in [-0.39, 0.29) is 10.8 Å². The van der Waals surface area contributed by atoms with Gasteiger partial charge in [0.2, 0.25) is 0 Å². The van der Waals surface area contributed by atoms with Crippen molar-refractivity contribution in [1.29, 1.82) is 0 Å². The summed E-state index contributed by atoms with van der Waals surface area (Å²) in [5, 5.41) is 15.6. The standard InChI is InChI=1S/C57H37NOS2.C57H37NS3/c1-57(2)48-32-31-44-41-11-3-6-18-50(41)59-54(44)53(48)47-30-29-38(33-49(47)57)58(36-25-21-34(22-26-36)39-14-9-16-45-42-12-4-7-19-51(42)60-55(39)45)37-27-23-35(24-28-37)40-15-10-17-46-43-13-5-8-20-52(43)61-56(40)46;1-57(2)48-32-31-46-43-13-5-8-20-52(43)61-56(46)53(48)47-30-29-38(33-49(47)57)58(36-25-21-34(22-26-36)39-14-9-16-44-41-11-3-6-18-50(41)59-54(39)44)37-27-23-35(24-28-37)40-15-10-17-45-42-12-4-7-19-51(42)60-55(40)45/h2*3-33H,1-2H3. The molecule has 24 aromatic rings. The molecule has 0 atom stereocenters. The van der Waals surface area contributed by atoms with Crippen molar-refractivity contribution in [3.8, 4) is 66.8 Å². The minimum atomic E-state index is -0.223. The van der Waals surface area contributed by atoms with Gasteiger partial charge in [0.15, 0.2) is 0 Å². The highest BCUT2D eigenvalue weighted by atomic mass is 32.1. The van der Waals surface area contributed by atoms with Gasteiger partial charge in [-0.2, -0.15) is 0 Å². The Morgan fingerprint density at radius 1 is 0.205 bits per heavy atom. The predicted molar refractivity (Wildman–Crippen MR) is 531 cm³/mol. The highest BCUT2D eigenvalue weighted by Crippen LogP contribution is 2.58. The Morgan fingerprint density at radius 2 is 0.484 bits per heavy atom. The molecule has 6 heterocycles. The van der Waals surface area contributed by atoms with Crippen LogP contribution in [0.3, 0.4) is 0 Å². The minimum absolute atomic E-state index is 0.156. The van der Waals surface area contributed by atoms with Crippen LogP contribution in [0, 0.1) is 0 Å². The van der Waals surface area contributed by atoms with Crippen LogP contribution in [-0.2, 0) is 10.8 Å². The van der Waals surface area contributed by atoms with Gasteiger partial charge >= 0.3 is 0 Å². The van der Waals surface area contributed by atoms with Gasteiger partial charge in [0, 0.05) is 168 Å². The van der Waals surface area contributed by atoms with E-state index >= 15 is 0 Å². The van der Waals surface area contributed by atoms with E-state index in [1.54, 1.807) is 0 Å². The van der Waals surface area contributed by atoms with Crippen LogP contribution >= 0.6 is 56.7 Å². The van der Waals surface area contributed by atoms with Gasteiger partial charge in [-0.1, -0.05) is 295 Å². The molecule has 0 aliphatic heterocycles. The lowest BCUT2D eigenvalue weighted by molar-refractivity contribution is 0.653. The average Bonchev–Trinajstić information content (AvgIpc) is 1.55. The lowest BCUT2D eigenvalue weighted by Gasteiger charge is -2.28. The first kappa shape index (κ1) is 71.4. The second-order valence-corrected chi connectivity index (χ2v) is 38.9. The van der Waals surface area contributed by atoms with Crippen molar-refractivity contribution in [1.82, 2.24) is 0 Å². The zero-order valence-corrected chi connectivity index (χ0v) is 71.2. The summed E-state index contributed by atoms with van der Waals surface area (Å²) in [5.41, 5.74) is 28.9. The second kappa shape index (κ2) is 27.5. The number of furan rings is 1. The van der Waals surface area contributed by atoms with E-state index in [1.165, 1.54) is 195 Å². The molecule has 0 radical (unpaired) electrons. The molecule has 0 spiro atoms. The summed E-state index contributed by atoms with van der Waals surface area (Å²) in [7, 11) is 0. The van der Waals surface area contributed by atoms with Gasteiger partial charge in [0.05, 0.1) is 0 Å². The molecule has 0 saturated carbocycles. The van der Waals surface area contributed by atoms with Crippen molar-refractivity contribution in [3.63, 3.8) is 0 Å². The molecule has 122 heavy (non-hydrogen) atoms. The van der Waals surface area contributed by atoms with Crippen LogP contribution in [0.5, 0.6) is 0 Å². The molecule has 3 nitrogen and oxygen atoms in total. The van der Waals surface area contributed by atoms with Crippen LogP contribution in [-0.4, -0.2) is 0 Å². The lowest BCUT2D eigenvalue weighted by atomic mass is 9.82. The Kier molecular flexibility index (Phi) is 16.1. The molecule has 2 aliphatic carbocycles. The fourth-order valence-corrected chi connectivity index (χ4v) is 26.4. The van der Waals surface area contributed by atoms with E-state index in [2.05, 4.69) is 414 Å². The molecule has 0 unspecified atom stereocenters. The second-order valence-electron chi connectivity index (χ2n) is 33.6. The Labute approximate surface area is 725 Å². The predicted octanol–water partition coefficient (Wildman–Crippen LogP) is 35.3. The number of para-hydroxylation sites is 1. The van der Waals surface area contributed by atoms with Crippen molar-refractivity contribution in [2.75, 3.05) is 9.80 Å². The fourth-order valence-electron chi connectivity index (χ4n) is 20.2. The fraction of sp³-hybridized carbons (Fsp3) is 0.0526. The smallest absolute Gasteiger partial charge is 0.143 e. The minimum Gasteiger partial charge on any atom is -0.455 e. The molecule has 26 rings (SSSR count). The third-order valence-corrected chi connectivity index (χ3v) is 32.3. The van der Waals surface area contributed by atoms with Gasteiger partial charge < -0.3 is 14.2 Å². The first-order chi connectivity index (χ1) is 60.0. The Balaban J connectivity index is 0.000000134. The third-order valence-electron chi connectivity index (χ3n) is 26.2. The van der Waals surface area contributed by atoms with Crippen molar-refractivity contribution < 1.29 is 4.42 Å². The van der Waals surface area contributed by atoms with Gasteiger partial charge in [-0.3, -0.25) is 0 Å². The summed E-state index contributed by atoms with van der Waals surface area (Å²) < 4.78 is 20.0. The average molecular weight is 1650 g/mol. The number of thiophene rings is 5. The molecule has 0 N–H and O–H groups in total. The van der Waals surface area contributed by atoms with Gasteiger partial charge in [-0.15, -0.1) is 56.7 Å². The first-order valence-electron chi connectivity index (χ1n) is 41.8. The summed E-state index contributed by atoms with van der Waals surface area (Å²) >= 11 is 9.46. The number of fused-ring (bicyclic) bond motifs is 26. The molecule has 0 saturated heterocycles. The third kappa shape index (κ3) is 11.0. The van der Waals surface area contributed by atoms with E-state index in [9.17, 15) is 0 Å². The lowest BCUT2D eigenvalue weighted by Crippen LogP contribution is -2.16. The number of hydrogen-bond acceptors (Lipinski definition) is 8. The molecule has 0 bridgehead atoms. The maximum Gasteiger partial charge on any atom is 0.143 e. The molecule has 576 valence electrons. The van der Waals surface area contributed by atoms with Crippen molar-refractivity contribution in [2.45, 2.75) is 38.5 Å². The number of benzene rings is 18. The highest BCUT2D eigenvalue weighted by Gasteiger charge is 2.40. The number of rotatable bonds is 10. The zero-order chi connectivity index (χ0) is 80.8. The molecule has 2 aliphatic rings. The largest absolute Gasteiger partial charge is 0.455 e. The van der Waals surface area contributed by atoms with Crippen LogP contribution in [0.4, 0.5) is 34.1 Å². The van der Waals surface area contributed by atoms with Crippen LogP contribution in [0.25, 0.3) is 190 Å².